The zero-order valence-corrected chi connectivity index (χ0v) is 14.7. The SMILES string of the molecule is CC(=O)O.CC1(CCCS(=O)(=O)[O-])N=CC=N1.[La]. The third-order valence-electron chi connectivity index (χ3n) is 1.82. The van der Waals surface area contributed by atoms with Crippen LogP contribution in [0.1, 0.15) is 26.7 Å². The van der Waals surface area contributed by atoms with E-state index in [4.69, 9.17) is 9.90 Å². The first-order valence-corrected chi connectivity index (χ1v) is 6.44. The average molecular weight is 402 g/mol. The number of nitrogens with zero attached hydrogens (tertiary/aromatic N) is 2. The molecule has 0 saturated heterocycles. The summed E-state index contributed by atoms with van der Waals surface area (Å²) < 4.78 is 30.8. The van der Waals surface area contributed by atoms with Crippen LogP contribution in [-0.4, -0.2) is 47.9 Å². The van der Waals surface area contributed by atoms with E-state index in [9.17, 15) is 13.0 Å². The molecule has 1 N–H and O–H groups in total. The molecule has 1 rings (SSSR count). The molecule has 18 heavy (non-hydrogen) atoms. The van der Waals surface area contributed by atoms with Crippen molar-refractivity contribution in [3.05, 3.63) is 0 Å². The second-order valence-electron chi connectivity index (χ2n) is 3.66. The van der Waals surface area contributed by atoms with Crippen molar-refractivity contribution in [3.8, 4) is 0 Å². The summed E-state index contributed by atoms with van der Waals surface area (Å²) in [6.07, 6.45) is 3.94. The van der Waals surface area contributed by atoms with Crippen LogP contribution in [0.4, 0.5) is 0 Å². The summed E-state index contributed by atoms with van der Waals surface area (Å²) >= 11 is 0. The smallest absolute Gasteiger partial charge is 0.300 e. The Balaban J connectivity index is 0. The van der Waals surface area contributed by atoms with E-state index in [0.29, 0.717) is 12.8 Å². The molecule has 0 bridgehead atoms. The first-order chi connectivity index (χ1) is 7.65. The molecule has 1 aliphatic heterocycles. The average Bonchev–Trinajstić information content (AvgIpc) is 2.48. The molecule has 1 heterocycles. The zero-order chi connectivity index (χ0) is 13.5. The van der Waals surface area contributed by atoms with E-state index in [1.165, 1.54) is 0 Å². The van der Waals surface area contributed by atoms with E-state index in [-0.39, 0.29) is 41.4 Å². The van der Waals surface area contributed by atoms with Gasteiger partial charge in [-0.2, -0.15) is 0 Å². The quantitative estimate of drug-likeness (QED) is 0.678. The van der Waals surface area contributed by atoms with E-state index in [2.05, 4.69) is 9.98 Å². The molecule has 101 valence electrons. The minimum Gasteiger partial charge on any atom is -0.748 e. The number of carbonyl (C=O) groups is 1. The van der Waals surface area contributed by atoms with E-state index in [0.717, 1.165) is 6.92 Å². The Morgan fingerprint density at radius 1 is 1.39 bits per heavy atom. The zero-order valence-electron chi connectivity index (χ0n) is 10.2. The van der Waals surface area contributed by atoms with Crippen LogP contribution in [0.5, 0.6) is 0 Å². The molecular formula is C9H15LaN2O5S-. The normalized spacial score (nSPS) is 15.5. The minimum absolute atomic E-state index is 0. The van der Waals surface area contributed by atoms with Crippen LogP contribution in [0.2, 0.25) is 0 Å². The van der Waals surface area contributed by atoms with Gasteiger partial charge in [0.25, 0.3) is 5.97 Å². The van der Waals surface area contributed by atoms with Crippen LogP contribution < -0.4 is 0 Å². The van der Waals surface area contributed by atoms with E-state index >= 15 is 0 Å². The second kappa shape index (κ2) is 8.92. The van der Waals surface area contributed by atoms with Crippen molar-refractivity contribution in [3.63, 3.8) is 0 Å². The maximum Gasteiger partial charge on any atom is 0.300 e. The van der Waals surface area contributed by atoms with Crippen LogP contribution in [-0.2, 0) is 14.9 Å². The molecular weight excluding hydrogens is 387 g/mol. The summed E-state index contributed by atoms with van der Waals surface area (Å²) in [5, 5.41) is 7.42. The molecule has 0 aliphatic carbocycles. The maximum atomic E-state index is 10.3. The molecule has 0 atom stereocenters. The maximum absolute atomic E-state index is 10.3. The van der Waals surface area contributed by atoms with Gasteiger partial charge in [-0.1, -0.05) is 0 Å². The van der Waals surface area contributed by atoms with Crippen LogP contribution in [0.15, 0.2) is 9.98 Å². The van der Waals surface area contributed by atoms with Crippen LogP contribution in [0.25, 0.3) is 0 Å². The van der Waals surface area contributed by atoms with Gasteiger partial charge in [-0.25, -0.2) is 8.42 Å². The number of carboxylic acids is 1. The molecule has 0 saturated carbocycles. The summed E-state index contributed by atoms with van der Waals surface area (Å²) in [5.74, 6) is -1.17. The van der Waals surface area contributed by atoms with Crippen molar-refractivity contribution in [2.24, 2.45) is 9.98 Å². The van der Waals surface area contributed by atoms with Gasteiger partial charge in [-0.3, -0.25) is 14.8 Å². The van der Waals surface area contributed by atoms with Gasteiger partial charge < -0.3 is 9.66 Å². The van der Waals surface area contributed by atoms with Crippen LogP contribution in [0.3, 0.4) is 0 Å². The molecule has 0 aromatic carbocycles. The van der Waals surface area contributed by atoms with Crippen molar-refractivity contribution >= 4 is 28.5 Å². The van der Waals surface area contributed by atoms with Crippen LogP contribution in [0, 0.1) is 35.6 Å². The molecule has 7 nitrogen and oxygen atoms in total. The van der Waals surface area contributed by atoms with Gasteiger partial charge in [0.1, 0.15) is 5.66 Å². The van der Waals surface area contributed by atoms with Gasteiger partial charge in [0.05, 0.1) is 10.1 Å². The summed E-state index contributed by atoms with van der Waals surface area (Å²) in [6, 6.07) is 0. The van der Waals surface area contributed by atoms with Crippen molar-refractivity contribution in [2.45, 2.75) is 32.4 Å². The minimum atomic E-state index is -4.10. The van der Waals surface area contributed by atoms with Gasteiger partial charge in [-0.15, -0.1) is 0 Å². The topological polar surface area (TPSA) is 119 Å². The Labute approximate surface area is 134 Å². The van der Waals surface area contributed by atoms with Gasteiger partial charge in [0, 0.05) is 60.7 Å². The van der Waals surface area contributed by atoms with Gasteiger partial charge in [-0.05, 0) is 19.8 Å². The van der Waals surface area contributed by atoms with E-state index in [1.54, 1.807) is 19.4 Å². The molecule has 1 aliphatic rings. The number of hydrogen-bond donors (Lipinski definition) is 1. The second-order valence-corrected chi connectivity index (χ2v) is 5.18. The number of aliphatic imine (C=N–C) groups is 2. The van der Waals surface area contributed by atoms with Gasteiger partial charge in [0.2, 0.25) is 0 Å². The largest absolute Gasteiger partial charge is 0.748 e. The molecule has 0 fully saturated rings. The number of rotatable bonds is 4. The Hall–Kier alpha value is -0.0852. The predicted molar refractivity (Wildman–Crippen MR) is 62.5 cm³/mol. The first kappa shape index (κ1) is 20.2. The molecule has 9 heteroatoms. The molecule has 0 aromatic rings. The summed E-state index contributed by atoms with van der Waals surface area (Å²) in [5.41, 5.74) is -0.551. The molecule has 0 spiro atoms. The molecule has 0 aromatic heterocycles. The fraction of sp³-hybridized carbons (Fsp3) is 0.667. The monoisotopic (exact) mass is 402 g/mol. The first-order valence-electron chi connectivity index (χ1n) is 4.87. The van der Waals surface area contributed by atoms with Crippen molar-refractivity contribution in [1.29, 1.82) is 0 Å². The van der Waals surface area contributed by atoms with Gasteiger partial charge >= 0.3 is 0 Å². The summed E-state index contributed by atoms with van der Waals surface area (Å²) in [6.45, 7) is 2.88. The third kappa shape index (κ3) is 12.4. The standard InChI is InChI=1S/C7H12N2O3S.C2H4O2.La/c1-7(8-4-5-9-7)3-2-6-13(10,11)12;1-2(3)4;/h4-5H,2-3,6H2,1H3,(H,10,11,12);1H3,(H,3,4);/p-1. The Morgan fingerprint density at radius 2 is 1.78 bits per heavy atom. The Kier molecular flexibility index (Phi) is 10.0. The molecule has 0 amide bonds. The third-order valence-corrected chi connectivity index (χ3v) is 2.61. The number of carboxylic acid groups (broad SMARTS) is 1. The Bertz CT molecular complexity index is 403. The van der Waals surface area contributed by atoms with Crippen molar-refractivity contribution in [2.75, 3.05) is 5.75 Å². The fourth-order valence-electron chi connectivity index (χ4n) is 1.13. The van der Waals surface area contributed by atoms with Gasteiger partial charge in [0.15, 0.2) is 0 Å². The molecule has 0 unspecified atom stereocenters. The molecule has 1 radical (unpaired) electrons. The van der Waals surface area contributed by atoms with Crippen molar-refractivity contribution in [1.82, 2.24) is 0 Å². The summed E-state index contributed by atoms with van der Waals surface area (Å²) in [7, 11) is -4.10. The number of hydrogen-bond acceptors (Lipinski definition) is 6. The summed E-state index contributed by atoms with van der Waals surface area (Å²) in [4.78, 5) is 17.1. The predicted octanol–water partition coefficient (Wildman–Crippen LogP) is 0.274. The van der Waals surface area contributed by atoms with E-state index in [1.807, 2.05) is 0 Å². The van der Waals surface area contributed by atoms with E-state index < -0.39 is 21.8 Å². The number of aliphatic carboxylic acids is 1. The van der Waals surface area contributed by atoms with Crippen molar-refractivity contribution < 1.29 is 58.5 Å². The Morgan fingerprint density at radius 3 is 2.11 bits per heavy atom. The fourth-order valence-corrected chi connectivity index (χ4v) is 1.63. The van der Waals surface area contributed by atoms with Crippen LogP contribution >= 0.6 is 0 Å².